The van der Waals surface area contributed by atoms with Crippen molar-refractivity contribution in [1.29, 1.82) is 0 Å². The molecule has 1 atom stereocenters. The molecule has 2 nitrogen and oxygen atoms in total. The lowest BCUT2D eigenvalue weighted by atomic mass is 10.1. The predicted octanol–water partition coefficient (Wildman–Crippen LogP) is 3.02. The molecule has 1 rings (SSSR count). The molecule has 1 aromatic rings. The summed E-state index contributed by atoms with van der Waals surface area (Å²) in [6.07, 6.45) is 0. The van der Waals surface area contributed by atoms with Crippen LogP contribution >= 0.6 is 27.5 Å². The van der Waals surface area contributed by atoms with Crippen LogP contribution in [-0.4, -0.2) is 23.6 Å². The standard InChI is InChI=1S/C10H9BrClFO2/c1-15-9-3-2-6(4-8(9)13)10(14)7(11)5-12/h2-4,7H,5H2,1H3. The number of methoxy groups -OCH3 is 1. The number of alkyl halides is 2. The molecule has 0 N–H and O–H groups in total. The zero-order valence-electron chi connectivity index (χ0n) is 7.97. The van der Waals surface area contributed by atoms with Gasteiger partial charge in [-0.2, -0.15) is 0 Å². The van der Waals surface area contributed by atoms with Crippen LogP contribution in [0, 0.1) is 5.82 Å². The molecule has 0 saturated heterocycles. The Balaban J connectivity index is 2.97. The SMILES string of the molecule is COc1ccc(C(=O)C(Br)CCl)cc1F. The third-order valence-electron chi connectivity index (χ3n) is 1.86. The number of benzene rings is 1. The molecule has 0 radical (unpaired) electrons. The Hall–Kier alpha value is -0.610. The second-order valence-electron chi connectivity index (χ2n) is 2.84. The summed E-state index contributed by atoms with van der Waals surface area (Å²) in [5, 5.41) is 0. The van der Waals surface area contributed by atoms with Gasteiger partial charge in [0, 0.05) is 11.4 Å². The van der Waals surface area contributed by atoms with Gasteiger partial charge in [0.15, 0.2) is 17.3 Å². The van der Waals surface area contributed by atoms with E-state index < -0.39 is 10.6 Å². The van der Waals surface area contributed by atoms with Crippen LogP contribution in [0.5, 0.6) is 5.75 Å². The molecule has 0 spiro atoms. The molecule has 15 heavy (non-hydrogen) atoms. The van der Waals surface area contributed by atoms with Gasteiger partial charge in [0.05, 0.1) is 11.9 Å². The van der Waals surface area contributed by atoms with E-state index in [2.05, 4.69) is 15.9 Å². The second-order valence-corrected chi connectivity index (χ2v) is 4.25. The van der Waals surface area contributed by atoms with Gasteiger partial charge >= 0.3 is 0 Å². The minimum Gasteiger partial charge on any atom is -0.494 e. The quantitative estimate of drug-likeness (QED) is 0.630. The fourth-order valence-corrected chi connectivity index (χ4v) is 1.48. The largest absolute Gasteiger partial charge is 0.494 e. The van der Waals surface area contributed by atoms with E-state index in [4.69, 9.17) is 16.3 Å². The lowest BCUT2D eigenvalue weighted by Crippen LogP contribution is -2.15. The molecule has 5 heteroatoms. The van der Waals surface area contributed by atoms with Crippen molar-refractivity contribution in [3.05, 3.63) is 29.6 Å². The van der Waals surface area contributed by atoms with Crippen molar-refractivity contribution in [3.8, 4) is 5.75 Å². The summed E-state index contributed by atoms with van der Waals surface area (Å²) in [5.74, 6) is -0.542. The Bertz CT molecular complexity index is 370. The van der Waals surface area contributed by atoms with E-state index in [1.54, 1.807) is 0 Å². The Labute approximate surface area is 101 Å². The molecule has 0 bridgehead atoms. The number of ether oxygens (including phenoxy) is 1. The van der Waals surface area contributed by atoms with E-state index >= 15 is 0 Å². The zero-order chi connectivity index (χ0) is 11.4. The fourth-order valence-electron chi connectivity index (χ4n) is 1.07. The smallest absolute Gasteiger partial charge is 0.177 e. The minimum atomic E-state index is -0.558. The summed E-state index contributed by atoms with van der Waals surface area (Å²) in [6.45, 7) is 0. The third-order valence-corrected chi connectivity index (χ3v) is 3.28. The van der Waals surface area contributed by atoms with Crippen molar-refractivity contribution in [1.82, 2.24) is 0 Å². The number of ketones is 1. The van der Waals surface area contributed by atoms with Crippen molar-refractivity contribution in [2.45, 2.75) is 4.83 Å². The minimum absolute atomic E-state index is 0.114. The average Bonchev–Trinajstić information content (AvgIpc) is 2.26. The number of Topliss-reactive ketones (excluding diaryl/α,β-unsaturated/α-hetero) is 1. The molecule has 1 unspecified atom stereocenters. The van der Waals surface area contributed by atoms with E-state index in [0.29, 0.717) is 0 Å². The maximum absolute atomic E-state index is 13.3. The van der Waals surface area contributed by atoms with Gasteiger partial charge in [0.1, 0.15) is 0 Å². The van der Waals surface area contributed by atoms with Gasteiger partial charge in [-0.25, -0.2) is 4.39 Å². The van der Waals surface area contributed by atoms with Crippen molar-refractivity contribution in [3.63, 3.8) is 0 Å². The van der Waals surface area contributed by atoms with Gasteiger partial charge in [-0.3, -0.25) is 4.79 Å². The molecule has 0 aliphatic rings. The van der Waals surface area contributed by atoms with Crippen molar-refractivity contribution in [2.75, 3.05) is 13.0 Å². The number of hydrogen-bond donors (Lipinski definition) is 0. The highest BCUT2D eigenvalue weighted by molar-refractivity contribution is 9.10. The van der Waals surface area contributed by atoms with Gasteiger partial charge in [-0.1, -0.05) is 15.9 Å². The van der Waals surface area contributed by atoms with E-state index in [9.17, 15) is 9.18 Å². The van der Waals surface area contributed by atoms with Crippen LogP contribution in [0.2, 0.25) is 0 Å². The van der Waals surface area contributed by atoms with Gasteiger partial charge < -0.3 is 4.74 Å². The van der Waals surface area contributed by atoms with Crippen molar-refractivity contribution in [2.24, 2.45) is 0 Å². The molecule has 1 aromatic carbocycles. The molecule has 82 valence electrons. The maximum atomic E-state index is 13.3. The summed E-state index contributed by atoms with van der Waals surface area (Å²) in [5.41, 5.74) is 0.274. The molecule has 0 aliphatic heterocycles. The molecule has 0 amide bonds. The van der Waals surface area contributed by atoms with Crippen LogP contribution < -0.4 is 4.74 Å². The summed E-state index contributed by atoms with van der Waals surface area (Å²) >= 11 is 8.61. The summed E-state index contributed by atoms with van der Waals surface area (Å²) < 4.78 is 18.0. The fraction of sp³-hybridized carbons (Fsp3) is 0.300. The van der Waals surface area contributed by atoms with Crippen LogP contribution in [0.4, 0.5) is 4.39 Å². The van der Waals surface area contributed by atoms with Crippen LogP contribution in [-0.2, 0) is 0 Å². The topological polar surface area (TPSA) is 26.3 Å². The molecular formula is C10H9BrClFO2. The van der Waals surface area contributed by atoms with Crippen molar-refractivity contribution < 1.29 is 13.9 Å². The number of hydrogen-bond acceptors (Lipinski definition) is 2. The van der Waals surface area contributed by atoms with Crippen LogP contribution in [0.15, 0.2) is 18.2 Å². The van der Waals surface area contributed by atoms with Gasteiger partial charge in [-0.15, -0.1) is 11.6 Å². The van der Waals surface area contributed by atoms with E-state index in [1.807, 2.05) is 0 Å². The van der Waals surface area contributed by atoms with Crippen LogP contribution in [0.1, 0.15) is 10.4 Å². The monoisotopic (exact) mass is 294 g/mol. The van der Waals surface area contributed by atoms with Crippen LogP contribution in [0.25, 0.3) is 0 Å². The summed E-state index contributed by atoms with van der Waals surface area (Å²) in [7, 11) is 1.37. The number of carbonyl (C=O) groups excluding carboxylic acids is 1. The molecular weight excluding hydrogens is 286 g/mol. The van der Waals surface area contributed by atoms with Crippen molar-refractivity contribution >= 4 is 33.3 Å². The maximum Gasteiger partial charge on any atom is 0.177 e. The Morgan fingerprint density at radius 3 is 2.80 bits per heavy atom. The molecule has 0 fully saturated rings. The first-order chi connectivity index (χ1) is 7.10. The molecule has 0 aromatic heterocycles. The molecule has 0 saturated carbocycles. The first kappa shape index (κ1) is 12.5. The predicted molar refractivity (Wildman–Crippen MR) is 60.7 cm³/mol. The van der Waals surface area contributed by atoms with E-state index in [0.717, 1.165) is 6.07 Å². The first-order valence-corrected chi connectivity index (χ1v) is 5.63. The van der Waals surface area contributed by atoms with Gasteiger partial charge in [0.25, 0.3) is 0 Å². The number of carbonyl (C=O) groups is 1. The van der Waals surface area contributed by atoms with Crippen LogP contribution in [0.3, 0.4) is 0 Å². The lowest BCUT2D eigenvalue weighted by molar-refractivity contribution is 0.0996. The second kappa shape index (κ2) is 5.47. The Morgan fingerprint density at radius 1 is 1.67 bits per heavy atom. The van der Waals surface area contributed by atoms with Gasteiger partial charge in [-0.05, 0) is 18.2 Å². The molecule has 0 heterocycles. The summed E-state index contributed by atoms with van der Waals surface area (Å²) in [6, 6.07) is 4.06. The lowest BCUT2D eigenvalue weighted by Gasteiger charge is -2.06. The average molecular weight is 296 g/mol. The first-order valence-electron chi connectivity index (χ1n) is 4.18. The summed E-state index contributed by atoms with van der Waals surface area (Å²) in [4.78, 5) is 11.1. The highest BCUT2D eigenvalue weighted by Crippen LogP contribution is 2.20. The highest BCUT2D eigenvalue weighted by atomic mass is 79.9. The van der Waals surface area contributed by atoms with E-state index in [-0.39, 0.29) is 23.0 Å². The van der Waals surface area contributed by atoms with E-state index in [1.165, 1.54) is 19.2 Å². The Kier molecular flexibility index (Phi) is 4.54. The zero-order valence-corrected chi connectivity index (χ0v) is 10.3. The molecule has 0 aliphatic carbocycles. The number of halogens is 3. The third kappa shape index (κ3) is 2.92. The normalized spacial score (nSPS) is 12.3. The Morgan fingerprint density at radius 2 is 2.33 bits per heavy atom. The number of rotatable bonds is 4. The highest BCUT2D eigenvalue weighted by Gasteiger charge is 2.17. The van der Waals surface area contributed by atoms with Gasteiger partial charge in [0.2, 0.25) is 0 Å².